The predicted octanol–water partition coefficient (Wildman–Crippen LogP) is 3.10. The summed E-state index contributed by atoms with van der Waals surface area (Å²) in [7, 11) is 1.75. The number of rotatable bonds is 5. The van der Waals surface area contributed by atoms with E-state index in [0.717, 1.165) is 16.5 Å². The van der Waals surface area contributed by atoms with Crippen LogP contribution in [0.1, 0.15) is 41.2 Å². The molecular formula is C17H24IN7S. The molecule has 7 nitrogen and oxygen atoms in total. The minimum atomic E-state index is 0. The molecule has 3 aromatic heterocycles. The topological polar surface area (TPSA) is 79.5 Å². The van der Waals surface area contributed by atoms with Crippen LogP contribution in [0.25, 0.3) is 5.65 Å². The Morgan fingerprint density at radius 1 is 1.23 bits per heavy atom. The third-order valence-corrected chi connectivity index (χ3v) is 4.84. The Bertz CT molecular complexity index is 884. The normalized spacial score (nSPS) is 11.7. The van der Waals surface area contributed by atoms with Crippen LogP contribution in [0.15, 0.2) is 29.4 Å². The maximum Gasteiger partial charge on any atom is 0.191 e. The number of guanidine groups is 1. The molecule has 0 aliphatic heterocycles. The van der Waals surface area contributed by atoms with Crippen LogP contribution < -0.4 is 10.6 Å². The van der Waals surface area contributed by atoms with Crippen LogP contribution in [-0.2, 0) is 13.1 Å². The summed E-state index contributed by atoms with van der Waals surface area (Å²) in [6.07, 6.45) is 1.95. The molecule has 0 saturated carbocycles. The Hall–Kier alpha value is -1.75. The second-order valence-electron chi connectivity index (χ2n) is 6.03. The molecule has 140 valence electrons. The number of fused-ring (bicyclic) bond motifs is 1. The molecule has 0 unspecified atom stereocenters. The molecule has 26 heavy (non-hydrogen) atoms. The monoisotopic (exact) mass is 485 g/mol. The van der Waals surface area contributed by atoms with Crippen molar-refractivity contribution in [3.8, 4) is 0 Å². The summed E-state index contributed by atoms with van der Waals surface area (Å²) >= 11 is 1.73. The molecule has 0 radical (unpaired) electrons. The average molecular weight is 485 g/mol. The van der Waals surface area contributed by atoms with E-state index in [-0.39, 0.29) is 24.0 Å². The van der Waals surface area contributed by atoms with Gasteiger partial charge in [-0.1, -0.05) is 19.9 Å². The average Bonchev–Trinajstić information content (AvgIpc) is 3.18. The smallest absolute Gasteiger partial charge is 0.191 e. The van der Waals surface area contributed by atoms with Gasteiger partial charge in [0.25, 0.3) is 0 Å². The molecule has 2 N–H and O–H groups in total. The number of halogens is 1. The van der Waals surface area contributed by atoms with Crippen molar-refractivity contribution >= 4 is 46.9 Å². The predicted molar refractivity (Wildman–Crippen MR) is 116 cm³/mol. The fourth-order valence-electron chi connectivity index (χ4n) is 2.63. The maximum atomic E-state index is 4.71. The maximum absolute atomic E-state index is 4.71. The zero-order valence-corrected chi connectivity index (χ0v) is 18.5. The number of hydrogen-bond donors (Lipinski definition) is 2. The first-order valence-corrected chi connectivity index (χ1v) is 9.09. The van der Waals surface area contributed by atoms with Gasteiger partial charge in [0.05, 0.1) is 18.8 Å². The van der Waals surface area contributed by atoms with Crippen molar-refractivity contribution < 1.29 is 0 Å². The van der Waals surface area contributed by atoms with E-state index in [1.807, 2.05) is 28.8 Å². The number of nitrogens with one attached hydrogen (secondary N) is 2. The van der Waals surface area contributed by atoms with Crippen LogP contribution in [0, 0.1) is 6.92 Å². The van der Waals surface area contributed by atoms with E-state index in [2.05, 4.69) is 46.6 Å². The number of thiazole rings is 1. The van der Waals surface area contributed by atoms with Crippen molar-refractivity contribution in [2.45, 2.75) is 39.8 Å². The Morgan fingerprint density at radius 3 is 2.69 bits per heavy atom. The Kier molecular flexibility index (Phi) is 7.33. The highest BCUT2D eigenvalue weighted by molar-refractivity contribution is 14.0. The molecule has 0 aliphatic carbocycles. The van der Waals surface area contributed by atoms with Gasteiger partial charge in [-0.05, 0) is 25.0 Å². The van der Waals surface area contributed by atoms with Gasteiger partial charge < -0.3 is 10.6 Å². The molecule has 3 rings (SSSR count). The summed E-state index contributed by atoms with van der Waals surface area (Å²) in [5.74, 6) is 2.00. The Balaban J connectivity index is 0.00000243. The third-order valence-electron chi connectivity index (χ3n) is 3.85. The quantitative estimate of drug-likeness (QED) is 0.330. The number of aliphatic imine (C=N–C) groups is 1. The molecule has 3 aromatic rings. The van der Waals surface area contributed by atoms with Gasteiger partial charge in [-0.25, -0.2) is 4.98 Å². The van der Waals surface area contributed by atoms with Gasteiger partial charge in [0, 0.05) is 18.1 Å². The number of pyridine rings is 1. The highest BCUT2D eigenvalue weighted by Crippen LogP contribution is 2.23. The van der Waals surface area contributed by atoms with Crippen molar-refractivity contribution in [3.05, 3.63) is 45.8 Å². The highest BCUT2D eigenvalue weighted by atomic mass is 127. The summed E-state index contributed by atoms with van der Waals surface area (Å²) < 4.78 is 1.96. The van der Waals surface area contributed by atoms with Crippen LogP contribution in [0.4, 0.5) is 0 Å². The molecule has 0 amide bonds. The van der Waals surface area contributed by atoms with Crippen molar-refractivity contribution in [2.24, 2.45) is 4.99 Å². The van der Waals surface area contributed by atoms with E-state index in [9.17, 15) is 0 Å². The van der Waals surface area contributed by atoms with Gasteiger partial charge in [0.2, 0.25) is 0 Å². The lowest BCUT2D eigenvalue weighted by Crippen LogP contribution is -2.36. The number of aromatic nitrogens is 4. The van der Waals surface area contributed by atoms with Crippen molar-refractivity contribution in [1.82, 2.24) is 30.2 Å². The Labute approximate surface area is 174 Å². The first kappa shape index (κ1) is 20.6. The third kappa shape index (κ3) is 4.70. The summed E-state index contributed by atoms with van der Waals surface area (Å²) in [6, 6.07) is 5.84. The zero-order valence-electron chi connectivity index (χ0n) is 15.4. The number of nitrogens with zero attached hydrogens (tertiary/aromatic N) is 5. The molecule has 0 aliphatic rings. The van der Waals surface area contributed by atoms with E-state index in [1.54, 1.807) is 18.4 Å². The van der Waals surface area contributed by atoms with E-state index >= 15 is 0 Å². The SMILES string of the molecule is CN=C(NCc1nc(C(C)C)c(C)s1)NCc1nnc2ccccn12.I. The van der Waals surface area contributed by atoms with Gasteiger partial charge in [0.1, 0.15) is 5.01 Å². The minimum absolute atomic E-state index is 0. The molecule has 0 fully saturated rings. The van der Waals surface area contributed by atoms with Crippen LogP contribution in [0.3, 0.4) is 0 Å². The van der Waals surface area contributed by atoms with E-state index in [0.29, 0.717) is 25.0 Å². The Morgan fingerprint density at radius 2 is 2.00 bits per heavy atom. The summed E-state index contributed by atoms with van der Waals surface area (Å²) in [5.41, 5.74) is 2.02. The molecule has 0 bridgehead atoms. The minimum Gasteiger partial charge on any atom is -0.350 e. The lowest BCUT2D eigenvalue weighted by atomic mass is 10.1. The first-order chi connectivity index (χ1) is 12.1. The molecule has 0 atom stereocenters. The lowest BCUT2D eigenvalue weighted by Gasteiger charge is -2.10. The summed E-state index contributed by atoms with van der Waals surface area (Å²) in [6.45, 7) is 7.66. The van der Waals surface area contributed by atoms with E-state index in [4.69, 9.17) is 4.98 Å². The van der Waals surface area contributed by atoms with Gasteiger partial charge >= 0.3 is 0 Å². The summed E-state index contributed by atoms with van der Waals surface area (Å²) in [4.78, 5) is 10.3. The van der Waals surface area contributed by atoms with Gasteiger partial charge in [-0.3, -0.25) is 9.39 Å². The fourth-order valence-corrected chi connectivity index (χ4v) is 3.66. The standard InChI is InChI=1S/C17H23N7S.HI/c1-11(2)16-12(3)25-15(21-16)10-20-17(18-4)19-9-14-23-22-13-7-5-6-8-24(13)14;/h5-8,11H,9-10H2,1-4H3,(H2,18,19,20);1H. The van der Waals surface area contributed by atoms with Crippen molar-refractivity contribution in [3.63, 3.8) is 0 Å². The number of aryl methyl sites for hydroxylation is 1. The first-order valence-electron chi connectivity index (χ1n) is 8.28. The van der Waals surface area contributed by atoms with Crippen LogP contribution >= 0.6 is 35.3 Å². The van der Waals surface area contributed by atoms with Crippen molar-refractivity contribution in [1.29, 1.82) is 0 Å². The molecular weight excluding hydrogens is 461 g/mol. The van der Waals surface area contributed by atoms with Crippen LogP contribution in [0.5, 0.6) is 0 Å². The zero-order chi connectivity index (χ0) is 17.8. The van der Waals surface area contributed by atoms with E-state index < -0.39 is 0 Å². The fraction of sp³-hybridized carbons (Fsp3) is 0.412. The number of hydrogen-bond acceptors (Lipinski definition) is 5. The van der Waals surface area contributed by atoms with Crippen LogP contribution in [-0.4, -0.2) is 32.6 Å². The van der Waals surface area contributed by atoms with Gasteiger partial charge in [-0.15, -0.1) is 45.5 Å². The molecule has 0 spiro atoms. The van der Waals surface area contributed by atoms with E-state index in [1.165, 1.54) is 10.6 Å². The van der Waals surface area contributed by atoms with Crippen molar-refractivity contribution in [2.75, 3.05) is 7.05 Å². The summed E-state index contributed by atoms with van der Waals surface area (Å²) in [5, 5.41) is 16.0. The van der Waals surface area contributed by atoms with Gasteiger partial charge in [-0.2, -0.15) is 0 Å². The largest absolute Gasteiger partial charge is 0.350 e. The highest BCUT2D eigenvalue weighted by Gasteiger charge is 2.11. The van der Waals surface area contributed by atoms with Crippen LogP contribution in [0.2, 0.25) is 0 Å². The molecule has 0 aromatic carbocycles. The molecule has 0 saturated heterocycles. The second-order valence-corrected chi connectivity index (χ2v) is 7.32. The second kappa shape index (κ2) is 9.26. The van der Waals surface area contributed by atoms with Gasteiger partial charge in [0.15, 0.2) is 17.4 Å². The lowest BCUT2D eigenvalue weighted by molar-refractivity contribution is 0.755. The molecule has 3 heterocycles. The molecule has 9 heteroatoms.